The SMILES string of the molecule is CCCCC/C=C\C/C=C\CCCCCCCCCCOCC(CC1CCC(O)C1)OCCCOCCCO[C@H]1CC[C@](C)(C2CC[C@@]3(C)C(CC[C@@H]3[C@H](C)CCCC(C)C)[C@@H]2CC)CC1. The Morgan fingerprint density at radius 1 is 0.606 bits per heavy atom. The summed E-state index contributed by atoms with van der Waals surface area (Å²) in [5.41, 5.74) is 1.06. The van der Waals surface area contributed by atoms with Crippen LogP contribution in [0.15, 0.2) is 24.3 Å². The van der Waals surface area contributed by atoms with Crippen LogP contribution in [0.4, 0.5) is 0 Å². The minimum Gasteiger partial charge on any atom is -0.393 e. The third kappa shape index (κ3) is 21.3. The Balaban J connectivity index is 0.992. The molecule has 0 aliphatic heterocycles. The van der Waals surface area contributed by atoms with Crippen LogP contribution in [-0.2, 0) is 18.9 Å². The summed E-state index contributed by atoms with van der Waals surface area (Å²) in [5.74, 6) is 5.96. The van der Waals surface area contributed by atoms with Gasteiger partial charge in [-0.25, -0.2) is 0 Å². The molecule has 0 spiro atoms. The molecule has 5 heteroatoms. The molecule has 0 radical (unpaired) electrons. The van der Waals surface area contributed by atoms with E-state index in [1.807, 2.05) is 0 Å². The first kappa shape index (κ1) is 57.9. The van der Waals surface area contributed by atoms with Gasteiger partial charge in [0.2, 0.25) is 0 Å². The van der Waals surface area contributed by atoms with E-state index in [4.69, 9.17) is 18.9 Å². The number of ether oxygens (including phenoxy) is 4. The van der Waals surface area contributed by atoms with Crippen molar-refractivity contribution in [1.29, 1.82) is 0 Å². The third-order valence-corrected chi connectivity index (χ3v) is 18.1. The van der Waals surface area contributed by atoms with E-state index in [1.54, 1.807) is 0 Å². The molecule has 0 aromatic carbocycles. The van der Waals surface area contributed by atoms with Crippen molar-refractivity contribution in [3.05, 3.63) is 24.3 Å². The van der Waals surface area contributed by atoms with Crippen molar-refractivity contribution in [2.45, 2.75) is 272 Å². The number of hydrogen-bond acceptors (Lipinski definition) is 5. The number of fused-ring (bicyclic) bond motifs is 1. The van der Waals surface area contributed by atoms with Crippen molar-refractivity contribution in [1.82, 2.24) is 0 Å². The number of allylic oxidation sites excluding steroid dienone is 4. The largest absolute Gasteiger partial charge is 0.393 e. The molecule has 4 aliphatic carbocycles. The summed E-state index contributed by atoms with van der Waals surface area (Å²) in [4.78, 5) is 0. The molecule has 4 rings (SSSR count). The fourth-order valence-corrected chi connectivity index (χ4v) is 14.0. The molecule has 0 aromatic heterocycles. The fourth-order valence-electron chi connectivity index (χ4n) is 14.0. The number of rotatable bonds is 38. The molecule has 0 heterocycles. The molecule has 66 heavy (non-hydrogen) atoms. The van der Waals surface area contributed by atoms with E-state index in [1.165, 1.54) is 154 Å². The summed E-state index contributed by atoms with van der Waals surface area (Å²) in [6.45, 7) is 22.1. The molecule has 9 atom stereocenters. The van der Waals surface area contributed by atoms with E-state index < -0.39 is 0 Å². The molecule has 0 bridgehead atoms. The molecule has 4 aliphatic rings. The minimum absolute atomic E-state index is 0.118. The summed E-state index contributed by atoms with van der Waals surface area (Å²) >= 11 is 0. The summed E-state index contributed by atoms with van der Waals surface area (Å²) in [6, 6.07) is 0. The summed E-state index contributed by atoms with van der Waals surface area (Å²) in [5, 5.41) is 10.1. The lowest BCUT2D eigenvalue weighted by Gasteiger charge is -2.56. The lowest BCUT2D eigenvalue weighted by Crippen LogP contribution is -2.48. The topological polar surface area (TPSA) is 57.2 Å². The second-order valence-electron chi connectivity index (χ2n) is 23.8. The van der Waals surface area contributed by atoms with Crippen LogP contribution in [0.25, 0.3) is 0 Å². The highest BCUT2D eigenvalue weighted by Gasteiger charge is 2.57. The Kier molecular flexibility index (Phi) is 29.6. The van der Waals surface area contributed by atoms with Crippen LogP contribution in [0.5, 0.6) is 0 Å². The van der Waals surface area contributed by atoms with Crippen LogP contribution >= 0.6 is 0 Å². The van der Waals surface area contributed by atoms with Gasteiger partial charge in [0.05, 0.1) is 24.9 Å². The molecule has 0 aromatic rings. The zero-order chi connectivity index (χ0) is 47.3. The molecule has 0 saturated heterocycles. The van der Waals surface area contributed by atoms with Crippen LogP contribution in [0.1, 0.15) is 254 Å². The van der Waals surface area contributed by atoms with E-state index in [0.717, 1.165) is 113 Å². The van der Waals surface area contributed by atoms with Gasteiger partial charge in [0.25, 0.3) is 0 Å². The molecule has 4 fully saturated rings. The predicted molar refractivity (Wildman–Crippen MR) is 282 cm³/mol. The zero-order valence-electron chi connectivity index (χ0n) is 45.0. The highest BCUT2D eigenvalue weighted by Crippen LogP contribution is 2.65. The maximum absolute atomic E-state index is 10.1. The van der Waals surface area contributed by atoms with Gasteiger partial charge in [-0.3, -0.25) is 0 Å². The Morgan fingerprint density at radius 2 is 1.27 bits per heavy atom. The van der Waals surface area contributed by atoms with Gasteiger partial charge in [0, 0.05) is 33.0 Å². The van der Waals surface area contributed by atoms with Crippen LogP contribution in [0.2, 0.25) is 0 Å². The average molecular weight is 926 g/mol. The van der Waals surface area contributed by atoms with Crippen molar-refractivity contribution in [3.8, 4) is 0 Å². The fraction of sp³-hybridized carbons (Fsp3) is 0.934. The standard InChI is InChI=1S/C61H112O5/c1-8-10-11-12-13-14-15-16-17-18-19-20-21-22-23-24-25-26-42-64-49-55(48-52-32-33-53(62)47-52)66-46-29-44-63-43-28-45-65-54-36-39-60(6,40-37-54)58-38-41-61(7)57(34-35-59(61)56(58)9-2)51(5)31-27-30-50(3)4/h13-14,16-17,50-59,62H,8-12,15,18-49H2,1-7H3/b14-13-,17-16-/t51-,52?,53?,54-,55?,56-,57-,58?,59?,60-,61-/m1/s1. The van der Waals surface area contributed by atoms with Crippen molar-refractivity contribution in [2.24, 2.45) is 52.3 Å². The zero-order valence-corrected chi connectivity index (χ0v) is 45.0. The van der Waals surface area contributed by atoms with Crippen molar-refractivity contribution < 1.29 is 24.1 Å². The van der Waals surface area contributed by atoms with Gasteiger partial charge in [0.1, 0.15) is 0 Å². The Labute approximate surface area is 410 Å². The number of unbranched alkanes of at least 4 members (excludes halogenated alkanes) is 11. The van der Waals surface area contributed by atoms with Crippen LogP contribution in [0, 0.1) is 52.3 Å². The molecule has 5 unspecified atom stereocenters. The number of aliphatic hydroxyl groups excluding tert-OH is 1. The lowest BCUT2D eigenvalue weighted by atomic mass is 9.50. The molecular formula is C61H112O5. The molecule has 0 amide bonds. The molecule has 386 valence electrons. The van der Waals surface area contributed by atoms with Gasteiger partial charge in [-0.2, -0.15) is 0 Å². The van der Waals surface area contributed by atoms with Crippen molar-refractivity contribution >= 4 is 0 Å². The monoisotopic (exact) mass is 925 g/mol. The van der Waals surface area contributed by atoms with Crippen LogP contribution in [0.3, 0.4) is 0 Å². The quantitative estimate of drug-likeness (QED) is 0.0494. The second kappa shape index (κ2) is 33.8. The maximum atomic E-state index is 10.1. The first-order valence-electron chi connectivity index (χ1n) is 29.5. The maximum Gasteiger partial charge on any atom is 0.0811 e. The highest BCUT2D eigenvalue weighted by atomic mass is 16.5. The lowest BCUT2D eigenvalue weighted by molar-refractivity contribution is -0.0811. The van der Waals surface area contributed by atoms with E-state index in [2.05, 4.69) is 72.8 Å². The molecule has 4 saturated carbocycles. The minimum atomic E-state index is -0.133. The van der Waals surface area contributed by atoms with Gasteiger partial charge in [-0.15, -0.1) is 0 Å². The first-order chi connectivity index (χ1) is 32.1. The van der Waals surface area contributed by atoms with Crippen molar-refractivity contribution in [2.75, 3.05) is 39.6 Å². The Bertz CT molecular complexity index is 1240. The van der Waals surface area contributed by atoms with Gasteiger partial charge in [-0.1, -0.05) is 150 Å². The summed E-state index contributed by atoms with van der Waals surface area (Å²) in [6.07, 6.45) is 50.4. The Morgan fingerprint density at radius 3 is 1.94 bits per heavy atom. The predicted octanol–water partition coefficient (Wildman–Crippen LogP) is 17.2. The molecule has 1 N–H and O–H groups in total. The van der Waals surface area contributed by atoms with Gasteiger partial charge in [0.15, 0.2) is 0 Å². The van der Waals surface area contributed by atoms with Gasteiger partial charge in [-0.05, 0) is 181 Å². The van der Waals surface area contributed by atoms with Gasteiger partial charge >= 0.3 is 0 Å². The summed E-state index contributed by atoms with van der Waals surface area (Å²) < 4.78 is 25.1. The van der Waals surface area contributed by atoms with Crippen LogP contribution in [-0.4, -0.2) is 63.1 Å². The van der Waals surface area contributed by atoms with Crippen molar-refractivity contribution in [3.63, 3.8) is 0 Å². The molecular weight excluding hydrogens is 813 g/mol. The summed E-state index contributed by atoms with van der Waals surface area (Å²) in [7, 11) is 0. The Hall–Kier alpha value is -0.720. The van der Waals surface area contributed by atoms with E-state index in [9.17, 15) is 5.11 Å². The average Bonchev–Trinajstić information content (AvgIpc) is 3.89. The number of aliphatic hydroxyl groups is 1. The smallest absolute Gasteiger partial charge is 0.0811 e. The first-order valence-corrected chi connectivity index (χ1v) is 29.5. The van der Waals surface area contributed by atoms with E-state index in [-0.39, 0.29) is 12.2 Å². The molecule has 5 nitrogen and oxygen atoms in total. The van der Waals surface area contributed by atoms with Gasteiger partial charge < -0.3 is 24.1 Å². The third-order valence-electron chi connectivity index (χ3n) is 18.1. The van der Waals surface area contributed by atoms with E-state index in [0.29, 0.717) is 36.1 Å². The second-order valence-corrected chi connectivity index (χ2v) is 23.8. The van der Waals surface area contributed by atoms with Crippen LogP contribution < -0.4 is 0 Å². The normalized spacial score (nSPS) is 30.3. The highest BCUT2D eigenvalue weighted by molar-refractivity contribution is 5.06. The van der Waals surface area contributed by atoms with E-state index >= 15 is 0 Å². The number of hydrogen-bond donors (Lipinski definition) is 1.